The Hall–Kier alpha value is -10.4. The Bertz CT molecular complexity index is 4160. The highest BCUT2D eigenvalue weighted by molar-refractivity contribution is 6.00. The molecule has 12 amide bonds. The Morgan fingerprint density at radius 3 is 2.16 bits per heavy atom. The van der Waals surface area contributed by atoms with Gasteiger partial charge in [-0.05, 0) is 129 Å². The Labute approximate surface area is 644 Å². The minimum absolute atomic E-state index is 0.0331. The van der Waals surface area contributed by atoms with E-state index in [1.165, 1.54) is 38.0 Å². The zero-order valence-corrected chi connectivity index (χ0v) is 63.7. The highest BCUT2D eigenvalue weighted by atomic mass is 19.1. The first kappa shape index (κ1) is 83.1. The van der Waals surface area contributed by atoms with E-state index >= 15 is 33.2 Å². The van der Waals surface area contributed by atoms with Gasteiger partial charge >= 0.3 is 0 Å². The van der Waals surface area contributed by atoms with Gasteiger partial charge in [-0.2, -0.15) is 0 Å². The maximum absolute atomic E-state index is 16.2. The van der Waals surface area contributed by atoms with E-state index in [-0.39, 0.29) is 102 Å². The molecule has 0 unspecified atom stereocenters. The van der Waals surface area contributed by atoms with Crippen LogP contribution in [0.1, 0.15) is 138 Å². The second kappa shape index (κ2) is 39.5. The molecule has 5 aromatic rings. The summed E-state index contributed by atoms with van der Waals surface area (Å²) >= 11 is 0. The Morgan fingerprint density at radius 2 is 1.41 bits per heavy atom. The molecule has 6 aliphatic heterocycles. The normalized spacial score (nSPS) is 24.9. The Morgan fingerprint density at radius 1 is 0.685 bits per heavy atom. The summed E-state index contributed by atoms with van der Waals surface area (Å²) in [4.78, 5) is 182. The molecule has 10 N–H and O–H groups in total. The minimum atomic E-state index is -1.88. The second-order valence-electron chi connectivity index (χ2n) is 29.2. The average molecular weight is 1540 g/mol. The fraction of sp³-hybridized carbons (Fsp3) is 0.525. The van der Waals surface area contributed by atoms with Crippen molar-refractivity contribution in [3.05, 3.63) is 136 Å². The van der Waals surface area contributed by atoms with Crippen LogP contribution in [0.25, 0.3) is 10.9 Å². The number of carbonyl (C=O) groups excluding carboxylic acids is 12. The zero-order chi connectivity index (χ0) is 79.3. The molecule has 7 heterocycles. The van der Waals surface area contributed by atoms with Crippen molar-refractivity contribution < 1.29 is 86.0 Å². The first-order valence-corrected chi connectivity index (χ1v) is 38.4. The summed E-state index contributed by atoms with van der Waals surface area (Å²) in [6.45, 7) is 6.72. The van der Waals surface area contributed by atoms with Crippen molar-refractivity contribution in [2.45, 2.75) is 197 Å². The Kier molecular flexibility index (Phi) is 29.6. The van der Waals surface area contributed by atoms with Crippen molar-refractivity contribution in [3.63, 3.8) is 0 Å². The van der Waals surface area contributed by atoms with Gasteiger partial charge in [-0.3, -0.25) is 57.5 Å². The molecule has 598 valence electrons. The van der Waals surface area contributed by atoms with Gasteiger partial charge in [-0.1, -0.05) is 80.4 Å². The third kappa shape index (κ3) is 22.2. The van der Waals surface area contributed by atoms with Crippen molar-refractivity contribution in [1.29, 1.82) is 0 Å². The molecule has 31 heteroatoms. The number of methoxy groups -OCH3 is 1. The fourth-order valence-electron chi connectivity index (χ4n) is 14.7. The maximum atomic E-state index is 16.2. The minimum Gasteiger partial charge on any atom is -0.497 e. The van der Waals surface area contributed by atoms with E-state index in [1.807, 2.05) is 35.8 Å². The summed E-state index contributed by atoms with van der Waals surface area (Å²) in [6, 6.07) is 13.1. The van der Waals surface area contributed by atoms with E-state index < -0.39 is 144 Å². The predicted octanol–water partition coefficient (Wildman–Crippen LogP) is 2.26. The van der Waals surface area contributed by atoms with Gasteiger partial charge in [0.25, 0.3) is 5.91 Å². The molecule has 12 bridgehead atoms. The number of hydrogen-bond acceptors (Lipinski definition) is 17. The Balaban J connectivity index is 1.08. The van der Waals surface area contributed by atoms with E-state index in [0.717, 1.165) is 22.4 Å². The van der Waals surface area contributed by atoms with E-state index in [0.29, 0.717) is 98.2 Å². The molecule has 0 spiro atoms. The number of benzene rings is 4. The fourth-order valence-corrected chi connectivity index (χ4v) is 14.7. The smallest absolute Gasteiger partial charge is 0.250 e. The summed E-state index contributed by atoms with van der Waals surface area (Å²) in [5.74, 6) is -9.54. The van der Waals surface area contributed by atoms with Crippen molar-refractivity contribution in [2.75, 3.05) is 72.9 Å². The van der Waals surface area contributed by atoms with Gasteiger partial charge in [-0.25, -0.2) is 4.39 Å². The molecule has 10 atom stereocenters. The first-order chi connectivity index (χ1) is 53.4. The quantitative estimate of drug-likeness (QED) is 0.0756. The number of nitrogens with zero attached hydrogens (tertiary/aromatic N) is 4. The lowest BCUT2D eigenvalue weighted by atomic mass is 9.95. The number of halogens is 1. The average Bonchev–Trinajstić information content (AvgIpc) is 1.67. The third-order valence-corrected chi connectivity index (χ3v) is 21.0. The van der Waals surface area contributed by atoms with E-state index in [4.69, 9.17) is 18.9 Å². The topological polar surface area (TPSA) is 385 Å². The van der Waals surface area contributed by atoms with Gasteiger partial charge in [0.1, 0.15) is 66.0 Å². The van der Waals surface area contributed by atoms with Crippen LogP contribution in [0.15, 0.2) is 97.2 Å². The first-order valence-electron chi connectivity index (χ1n) is 38.4. The standard InChI is InChI=1S/C80H104FN13O17/c1-6-36-109-38-39-110-37-29-65(96)84-45-62-74(102)86-60-41-53-13-11-14-54(40-53)44-83-67(98)48-111-64-28-35-93-71(64)76(104)89-69(50(3)95)75(103)90-70(55-19-22-58(108-5)23-20-55)78(106)94-34-12-30-80(94,4)79(107)82-31-27-51-15-17-52(18-16-51)46-92(68(99)26-25-66(97)85-49(2)72(100)88-62)33-10-8-7-9-32-91-47-56(42-61(77(93)105)87-73(60)101)59-43-57(81)21-24-63(59)91/h11,13-24,40,43,47,49-50,60-62,64,69-71,95H,6-10,12,25-39,41-42,44-46,48H2,1-5H3,(H,82,107)(H,83,98)(H,84,96)(H,85,97)(H,86,102)(H,87,101)(H,88,100)(H,89,104)(H,90,103)/t49-,50+,60-,61-,62+,64-,69-,70-,71-,80-/m0/s1. The second-order valence-corrected chi connectivity index (χ2v) is 29.2. The lowest BCUT2D eigenvalue weighted by molar-refractivity contribution is -0.148. The van der Waals surface area contributed by atoms with Crippen LogP contribution in [0.5, 0.6) is 5.75 Å². The lowest BCUT2D eigenvalue weighted by Gasteiger charge is -2.37. The molecule has 111 heavy (non-hydrogen) atoms. The molecular formula is C80H104FN13O17. The number of rotatable bonds is 13. The maximum Gasteiger partial charge on any atom is 0.250 e. The van der Waals surface area contributed by atoms with Crippen molar-refractivity contribution in [1.82, 2.24) is 67.1 Å². The van der Waals surface area contributed by atoms with Crippen LogP contribution in [0.3, 0.4) is 0 Å². The van der Waals surface area contributed by atoms with Crippen LogP contribution in [0.2, 0.25) is 0 Å². The van der Waals surface area contributed by atoms with Gasteiger partial charge in [0.05, 0.1) is 39.1 Å². The molecule has 2 fully saturated rings. The van der Waals surface area contributed by atoms with Crippen LogP contribution >= 0.6 is 0 Å². The van der Waals surface area contributed by atoms with E-state index in [2.05, 4.69) is 47.9 Å². The lowest BCUT2D eigenvalue weighted by Crippen LogP contribution is -2.63. The van der Waals surface area contributed by atoms with Crippen molar-refractivity contribution in [3.8, 4) is 5.75 Å². The monoisotopic (exact) mass is 1540 g/mol. The van der Waals surface area contributed by atoms with Crippen LogP contribution in [0.4, 0.5) is 4.39 Å². The highest BCUT2D eigenvalue weighted by Crippen LogP contribution is 2.34. The van der Waals surface area contributed by atoms with Crippen molar-refractivity contribution in [2.24, 2.45) is 0 Å². The van der Waals surface area contributed by atoms with Crippen LogP contribution in [-0.4, -0.2) is 222 Å². The van der Waals surface area contributed by atoms with Gasteiger partial charge in [-0.15, -0.1) is 0 Å². The molecule has 1 aromatic heterocycles. The molecule has 11 rings (SSSR count). The van der Waals surface area contributed by atoms with Gasteiger partial charge in [0.15, 0.2) is 0 Å². The summed E-state index contributed by atoms with van der Waals surface area (Å²) in [5.41, 5.74) is 2.34. The highest BCUT2D eigenvalue weighted by Gasteiger charge is 2.50. The summed E-state index contributed by atoms with van der Waals surface area (Å²) < 4.78 is 40.5. The molecule has 0 radical (unpaired) electrons. The molecule has 2 saturated heterocycles. The number of amides is 12. The number of ether oxygens (including phenoxy) is 4. The SMILES string of the molecule is CCCOCCOCCC(=O)NC[C@H]1NC(=O)[C@H](C)NC(=O)CCC(=O)N2CCCCCCn3cc(c4cc(F)ccc43)C[C@@H]3NC(=O)[C@H](Cc4cccc(c4)CNC(=O)CO[C@H]4CCN(C3=O)[C@@H]4C(=O)N[C@@H]([C@@H](C)O)C(=O)N[C@@H](c3ccc(OC)cc3)C(=O)N3CCC[C@@]3(C)C(=O)NCCc3ccc(cc3)C2)NC1=O. The number of fused-ring (bicyclic) bond motifs is 16. The number of carbonyl (C=O) groups is 12. The number of aliphatic hydroxyl groups is 1. The molecule has 0 saturated carbocycles. The van der Waals surface area contributed by atoms with Gasteiger partial charge < -0.3 is 91.2 Å². The van der Waals surface area contributed by atoms with Crippen LogP contribution < -0.4 is 52.6 Å². The van der Waals surface area contributed by atoms with E-state index in [9.17, 15) is 33.9 Å². The molecule has 0 aliphatic carbocycles. The van der Waals surface area contributed by atoms with Crippen molar-refractivity contribution >= 4 is 81.8 Å². The number of nitrogens with one attached hydrogen (secondary N) is 9. The molecule has 6 aliphatic rings. The number of aryl methyl sites for hydroxylation is 1. The number of aromatic nitrogens is 1. The number of hydrogen-bond donors (Lipinski definition) is 10. The van der Waals surface area contributed by atoms with Gasteiger partial charge in [0, 0.05) is 108 Å². The van der Waals surface area contributed by atoms with E-state index in [1.54, 1.807) is 72.6 Å². The molecular weight excluding hydrogens is 1430 g/mol. The zero-order valence-electron chi connectivity index (χ0n) is 63.7. The van der Waals surface area contributed by atoms with Gasteiger partial charge in [0.2, 0.25) is 65.0 Å². The molecule has 30 nitrogen and oxygen atoms in total. The third-order valence-electron chi connectivity index (χ3n) is 21.0. The summed E-state index contributed by atoms with van der Waals surface area (Å²) in [7, 11) is 1.45. The number of aliphatic hydroxyl groups excluding tert-OH is 1. The van der Waals surface area contributed by atoms with Crippen LogP contribution in [-0.2, 0) is 111 Å². The predicted molar refractivity (Wildman–Crippen MR) is 404 cm³/mol. The largest absolute Gasteiger partial charge is 0.497 e. The molecule has 4 aromatic carbocycles. The summed E-state index contributed by atoms with van der Waals surface area (Å²) in [6.07, 6.45) is 1.43. The van der Waals surface area contributed by atoms with Crippen LogP contribution in [0, 0.1) is 5.82 Å². The summed E-state index contributed by atoms with van der Waals surface area (Å²) in [5, 5.41) is 36.8.